The fraction of sp³-hybridized carbons (Fsp3) is 0.250. The molecule has 0 atom stereocenters. The molecule has 0 unspecified atom stereocenters. The van der Waals surface area contributed by atoms with Crippen LogP contribution in [-0.4, -0.2) is 11.5 Å². The van der Waals surface area contributed by atoms with Crippen molar-refractivity contribution in [1.29, 1.82) is 0 Å². The third-order valence-electron chi connectivity index (χ3n) is 3.09. The zero-order valence-corrected chi connectivity index (χ0v) is 11.9. The maximum absolute atomic E-state index is 10.9. The van der Waals surface area contributed by atoms with Crippen molar-refractivity contribution in [3.63, 3.8) is 0 Å². The minimum absolute atomic E-state index is 0.0845. The van der Waals surface area contributed by atoms with Crippen molar-refractivity contribution in [1.82, 2.24) is 5.32 Å². The van der Waals surface area contributed by atoms with Crippen LogP contribution in [-0.2, 0) is 13.2 Å². The van der Waals surface area contributed by atoms with Crippen LogP contribution in [0.2, 0.25) is 0 Å². The van der Waals surface area contributed by atoms with Crippen molar-refractivity contribution in [3.8, 4) is 5.75 Å². The average molecular weight is 286 g/mol. The number of hydrogen-bond donors (Lipinski definition) is 1. The van der Waals surface area contributed by atoms with E-state index in [4.69, 9.17) is 4.74 Å². The molecule has 0 aromatic heterocycles. The fourth-order valence-corrected chi connectivity index (χ4v) is 1.94. The molecule has 0 radical (unpaired) electrons. The van der Waals surface area contributed by atoms with E-state index in [1.807, 2.05) is 24.3 Å². The molecule has 0 bridgehead atoms. The van der Waals surface area contributed by atoms with E-state index in [0.29, 0.717) is 11.3 Å². The highest BCUT2D eigenvalue weighted by Gasteiger charge is 2.12. The summed E-state index contributed by atoms with van der Waals surface area (Å²) in [6.07, 6.45) is 0. The second-order valence-corrected chi connectivity index (χ2v) is 4.60. The normalized spacial score (nSPS) is 10.3. The predicted molar refractivity (Wildman–Crippen MR) is 81.3 cm³/mol. The van der Waals surface area contributed by atoms with Crippen LogP contribution in [0.5, 0.6) is 5.75 Å². The van der Waals surface area contributed by atoms with Crippen LogP contribution in [0.1, 0.15) is 18.1 Å². The van der Waals surface area contributed by atoms with Crippen molar-refractivity contribution in [2.24, 2.45) is 0 Å². The van der Waals surface area contributed by atoms with Gasteiger partial charge in [-0.05, 0) is 30.3 Å². The molecule has 0 aliphatic heterocycles. The van der Waals surface area contributed by atoms with E-state index in [-0.39, 0.29) is 12.3 Å². The van der Waals surface area contributed by atoms with Crippen molar-refractivity contribution in [3.05, 3.63) is 69.8 Å². The summed E-state index contributed by atoms with van der Waals surface area (Å²) >= 11 is 0. The molecule has 110 valence electrons. The van der Waals surface area contributed by atoms with Crippen LogP contribution in [0.15, 0.2) is 48.5 Å². The van der Waals surface area contributed by atoms with Gasteiger partial charge < -0.3 is 10.1 Å². The predicted octanol–water partition coefficient (Wildman–Crippen LogP) is 3.28. The Labute approximate surface area is 123 Å². The molecule has 5 nitrogen and oxygen atoms in total. The van der Waals surface area contributed by atoms with Gasteiger partial charge in [0, 0.05) is 12.6 Å². The van der Waals surface area contributed by atoms with Crippen LogP contribution in [0, 0.1) is 10.1 Å². The minimum atomic E-state index is -0.391. The minimum Gasteiger partial charge on any atom is -0.489 e. The Morgan fingerprint density at radius 3 is 2.52 bits per heavy atom. The Morgan fingerprint density at radius 1 is 1.14 bits per heavy atom. The van der Waals surface area contributed by atoms with Crippen LogP contribution in [0.25, 0.3) is 0 Å². The smallest absolute Gasteiger partial charge is 0.276 e. The first-order chi connectivity index (χ1) is 10.2. The molecule has 0 fully saturated rings. The zero-order chi connectivity index (χ0) is 15.1. The Kier molecular flexibility index (Phi) is 5.29. The lowest BCUT2D eigenvalue weighted by atomic mass is 10.2. The summed E-state index contributed by atoms with van der Waals surface area (Å²) in [4.78, 5) is 10.5. The number of nitrogens with one attached hydrogen (secondary N) is 1. The number of nitro benzene ring substituents is 1. The lowest BCUT2D eigenvalue weighted by molar-refractivity contribution is -0.385. The molecule has 2 aromatic carbocycles. The van der Waals surface area contributed by atoms with E-state index in [0.717, 1.165) is 13.1 Å². The second-order valence-electron chi connectivity index (χ2n) is 4.60. The quantitative estimate of drug-likeness (QED) is 0.626. The van der Waals surface area contributed by atoms with Gasteiger partial charge in [-0.3, -0.25) is 10.1 Å². The van der Waals surface area contributed by atoms with Gasteiger partial charge in [0.25, 0.3) is 5.69 Å². The highest BCUT2D eigenvalue weighted by atomic mass is 16.6. The molecule has 0 saturated carbocycles. The monoisotopic (exact) mass is 286 g/mol. The molecule has 2 rings (SSSR count). The van der Waals surface area contributed by atoms with Gasteiger partial charge in [-0.2, -0.15) is 0 Å². The van der Waals surface area contributed by atoms with E-state index in [2.05, 4.69) is 12.2 Å². The van der Waals surface area contributed by atoms with Gasteiger partial charge in [-0.25, -0.2) is 0 Å². The number of nitro groups is 1. The number of nitrogens with zero attached hydrogens (tertiary/aromatic N) is 1. The molecule has 0 aliphatic carbocycles. The van der Waals surface area contributed by atoms with E-state index in [1.54, 1.807) is 18.2 Å². The summed E-state index contributed by atoms with van der Waals surface area (Å²) in [7, 11) is 0. The third-order valence-corrected chi connectivity index (χ3v) is 3.09. The molecule has 0 heterocycles. The molecule has 0 saturated heterocycles. The molecular formula is C16H18N2O3. The maximum atomic E-state index is 10.9. The number of rotatable bonds is 7. The number of hydrogen-bond acceptors (Lipinski definition) is 4. The summed E-state index contributed by atoms with van der Waals surface area (Å²) in [5, 5.41) is 14.2. The van der Waals surface area contributed by atoms with Crippen LogP contribution >= 0.6 is 0 Å². The van der Waals surface area contributed by atoms with Gasteiger partial charge in [-0.15, -0.1) is 0 Å². The first-order valence-electron chi connectivity index (χ1n) is 6.85. The van der Waals surface area contributed by atoms with E-state index in [9.17, 15) is 10.1 Å². The zero-order valence-electron chi connectivity index (χ0n) is 11.9. The molecule has 0 spiro atoms. The summed E-state index contributed by atoms with van der Waals surface area (Å²) in [6.45, 7) is 3.99. The second kappa shape index (κ2) is 7.40. The first kappa shape index (κ1) is 15.0. The lowest BCUT2D eigenvalue weighted by Gasteiger charge is -2.08. The van der Waals surface area contributed by atoms with E-state index in [1.165, 1.54) is 11.6 Å². The average Bonchev–Trinajstić information content (AvgIpc) is 2.52. The maximum Gasteiger partial charge on any atom is 0.276 e. The fourth-order valence-electron chi connectivity index (χ4n) is 1.94. The largest absolute Gasteiger partial charge is 0.489 e. The number of ether oxygens (including phenoxy) is 1. The van der Waals surface area contributed by atoms with Gasteiger partial charge in [-0.1, -0.05) is 31.2 Å². The van der Waals surface area contributed by atoms with Crippen molar-refractivity contribution in [2.75, 3.05) is 6.54 Å². The number of para-hydroxylation sites is 1. The molecule has 1 N–H and O–H groups in total. The summed E-state index contributed by atoms with van der Waals surface area (Å²) < 4.78 is 5.62. The molecule has 0 amide bonds. The summed E-state index contributed by atoms with van der Waals surface area (Å²) in [5.74, 6) is 0.702. The van der Waals surface area contributed by atoms with Crippen molar-refractivity contribution in [2.45, 2.75) is 20.1 Å². The highest BCUT2D eigenvalue weighted by Crippen LogP contribution is 2.20. The molecule has 2 aromatic rings. The van der Waals surface area contributed by atoms with Gasteiger partial charge in [0.1, 0.15) is 12.4 Å². The van der Waals surface area contributed by atoms with E-state index < -0.39 is 4.92 Å². The lowest BCUT2D eigenvalue weighted by Crippen LogP contribution is -2.11. The first-order valence-corrected chi connectivity index (χ1v) is 6.85. The Morgan fingerprint density at radius 2 is 1.86 bits per heavy atom. The van der Waals surface area contributed by atoms with E-state index >= 15 is 0 Å². The van der Waals surface area contributed by atoms with Crippen molar-refractivity contribution < 1.29 is 9.66 Å². The van der Waals surface area contributed by atoms with Crippen LogP contribution < -0.4 is 10.1 Å². The SMILES string of the molecule is CCNCc1ccc(OCc2ccccc2[N+](=O)[O-])cc1. The Bertz CT molecular complexity index is 597. The van der Waals surface area contributed by atoms with Gasteiger partial charge >= 0.3 is 0 Å². The highest BCUT2D eigenvalue weighted by molar-refractivity contribution is 5.39. The topological polar surface area (TPSA) is 64.4 Å². The van der Waals surface area contributed by atoms with Crippen LogP contribution in [0.3, 0.4) is 0 Å². The Hall–Kier alpha value is -2.40. The molecule has 21 heavy (non-hydrogen) atoms. The van der Waals surface area contributed by atoms with Gasteiger partial charge in [0.2, 0.25) is 0 Å². The Balaban J connectivity index is 1.98. The molecule has 5 heteroatoms. The summed E-state index contributed by atoms with van der Waals surface area (Å²) in [5.41, 5.74) is 1.83. The van der Waals surface area contributed by atoms with Crippen molar-refractivity contribution >= 4 is 5.69 Å². The number of benzene rings is 2. The van der Waals surface area contributed by atoms with Crippen LogP contribution in [0.4, 0.5) is 5.69 Å². The van der Waals surface area contributed by atoms with Gasteiger partial charge in [0.05, 0.1) is 10.5 Å². The third kappa shape index (κ3) is 4.29. The van der Waals surface area contributed by atoms with Gasteiger partial charge in [0.15, 0.2) is 0 Å². The molecular weight excluding hydrogens is 268 g/mol. The standard InChI is InChI=1S/C16H18N2O3/c1-2-17-11-13-7-9-15(10-8-13)21-12-14-5-3-4-6-16(14)18(19)20/h3-10,17H,2,11-12H2,1H3. The molecule has 0 aliphatic rings. The summed E-state index contributed by atoms with van der Waals surface area (Å²) in [6, 6.07) is 14.3.